The van der Waals surface area contributed by atoms with Gasteiger partial charge >= 0.3 is 0 Å². The molecule has 0 radical (unpaired) electrons. The molecule has 1 atom stereocenters. The SMILES string of the molecule is CC(C)(O)C(C)(O)NO. The van der Waals surface area contributed by atoms with Gasteiger partial charge in [0.05, 0.1) is 0 Å². The van der Waals surface area contributed by atoms with E-state index in [2.05, 4.69) is 0 Å². The van der Waals surface area contributed by atoms with Gasteiger partial charge in [0.15, 0.2) is 5.72 Å². The second kappa shape index (κ2) is 2.22. The van der Waals surface area contributed by atoms with Crippen molar-refractivity contribution in [2.75, 3.05) is 0 Å². The molecular weight excluding hydrogens is 122 g/mol. The first-order chi connectivity index (χ1) is 3.81. The van der Waals surface area contributed by atoms with E-state index in [4.69, 9.17) is 15.4 Å². The molecule has 0 heterocycles. The highest BCUT2D eigenvalue weighted by atomic mass is 16.5. The van der Waals surface area contributed by atoms with Gasteiger partial charge in [0, 0.05) is 0 Å². The first-order valence-electron chi connectivity index (χ1n) is 2.67. The minimum Gasteiger partial charge on any atom is -0.386 e. The van der Waals surface area contributed by atoms with Crippen LogP contribution in [-0.4, -0.2) is 26.7 Å². The van der Waals surface area contributed by atoms with Crippen molar-refractivity contribution < 1.29 is 15.4 Å². The minimum atomic E-state index is -1.66. The lowest BCUT2D eigenvalue weighted by Crippen LogP contribution is -2.56. The van der Waals surface area contributed by atoms with E-state index in [9.17, 15) is 0 Å². The monoisotopic (exact) mass is 135 g/mol. The predicted molar refractivity (Wildman–Crippen MR) is 31.8 cm³/mol. The summed E-state index contributed by atoms with van der Waals surface area (Å²) in [6, 6.07) is 0. The molecule has 1 unspecified atom stereocenters. The summed E-state index contributed by atoms with van der Waals surface area (Å²) in [4.78, 5) is 0. The van der Waals surface area contributed by atoms with Gasteiger partial charge in [-0.05, 0) is 20.8 Å². The van der Waals surface area contributed by atoms with Crippen LogP contribution in [0.1, 0.15) is 20.8 Å². The lowest BCUT2D eigenvalue weighted by molar-refractivity contribution is -0.189. The Morgan fingerprint density at radius 1 is 1.11 bits per heavy atom. The van der Waals surface area contributed by atoms with Crippen molar-refractivity contribution >= 4 is 0 Å². The molecule has 0 fully saturated rings. The van der Waals surface area contributed by atoms with E-state index in [0.29, 0.717) is 0 Å². The highest BCUT2D eigenvalue weighted by molar-refractivity contribution is 4.84. The molecule has 0 bridgehead atoms. The van der Waals surface area contributed by atoms with Crippen molar-refractivity contribution in [2.45, 2.75) is 32.1 Å². The molecule has 0 aliphatic carbocycles. The van der Waals surface area contributed by atoms with E-state index in [1.807, 2.05) is 0 Å². The first-order valence-corrected chi connectivity index (χ1v) is 2.67. The summed E-state index contributed by atoms with van der Waals surface area (Å²) in [6.45, 7) is 4.04. The van der Waals surface area contributed by atoms with E-state index < -0.39 is 11.3 Å². The second-order valence-corrected chi connectivity index (χ2v) is 2.74. The molecule has 4 N–H and O–H groups in total. The minimum absolute atomic E-state index is 1.27. The summed E-state index contributed by atoms with van der Waals surface area (Å²) in [5, 5.41) is 26.4. The molecule has 9 heavy (non-hydrogen) atoms. The van der Waals surface area contributed by atoms with Gasteiger partial charge in [-0.15, -0.1) is 0 Å². The summed E-state index contributed by atoms with van der Waals surface area (Å²) >= 11 is 0. The van der Waals surface area contributed by atoms with Gasteiger partial charge < -0.3 is 15.4 Å². The summed E-state index contributed by atoms with van der Waals surface area (Å²) in [5.74, 6) is 0. The summed E-state index contributed by atoms with van der Waals surface area (Å²) < 4.78 is 0. The number of rotatable bonds is 2. The van der Waals surface area contributed by atoms with Gasteiger partial charge in [-0.1, -0.05) is 0 Å². The Hall–Kier alpha value is -0.160. The number of aliphatic hydroxyl groups is 2. The van der Waals surface area contributed by atoms with E-state index in [0.717, 1.165) is 0 Å². The zero-order valence-corrected chi connectivity index (χ0v) is 5.84. The van der Waals surface area contributed by atoms with Crippen molar-refractivity contribution in [3.63, 3.8) is 0 Å². The first kappa shape index (κ1) is 8.84. The third kappa shape index (κ3) is 1.91. The number of hydrogen-bond acceptors (Lipinski definition) is 4. The standard InChI is InChI=1S/C5H13NO3/c1-4(2,7)5(3,8)6-9/h6-9H,1-3H3. The Balaban J connectivity index is 4.14. The molecule has 0 aromatic carbocycles. The molecule has 56 valence electrons. The highest BCUT2D eigenvalue weighted by Gasteiger charge is 2.36. The van der Waals surface area contributed by atoms with E-state index in [1.165, 1.54) is 20.8 Å². The molecule has 4 heteroatoms. The van der Waals surface area contributed by atoms with E-state index >= 15 is 0 Å². The van der Waals surface area contributed by atoms with Crippen LogP contribution >= 0.6 is 0 Å². The van der Waals surface area contributed by atoms with Crippen molar-refractivity contribution in [3.8, 4) is 0 Å². The van der Waals surface area contributed by atoms with Gasteiger partial charge in [-0.25, -0.2) is 0 Å². The van der Waals surface area contributed by atoms with Crippen LogP contribution in [0.15, 0.2) is 0 Å². The Bertz CT molecular complexity index is 94.9. The van der Waals surface area contributed by atoms with Crippen LogP contribution in [0, 0.1) is 0 Å². The third-order valence-electron chi connectivity index (χ3n) is 1.41. The lowest BCUT2D eigenvalue weighted by atomic mass is 9.97. The van der Waals surface area contributed by atoms with Crippen LogP contribution < -0.4 is 5.48 Å². The predicted octanol–water partition coefficient (Wildman–Crippen LogP) is -0.555. The normalized spacial score (nSPS) is 19.3. The average Bonchev–Trinajstić information content (AvgIpc) is 1.64. The topological polar surface area (TPSA) is 72.7 Å². The molecule has 0 amide bonds. The molecule has 0 spiro atoms. The number of hydrogen-bond donors (Lipinski definition) is 4. The number of nitrogens with one attached hydrogen (secondary N) is 1. The smallest absolute Gasteiger partial charge is 0.162 e. The lowest BCUT2D eigenvalue weighted by Gasteiger charge is -2.33. The fourth-order valence-electron chi connectivity index (χ4n) is 0.137. The van der Waals surface area contributed by atoms with Crippen molar-refractivity contribution in [1.82, 2.24) is 5.48 Å². The zero-order chi connectivity index (χ0) is 7.71. The van der Waals surface area contributed by atoms with Crippen molar-refractivity contribution in [3.05, 3.63) is 0 Å². The quantitative estimate of drug-likeness (QED) is 0.302. The average molecular weight is 135 g/mol. The van der Waals surface area contributed by atoms with E-state index in [1.54, 1.807) is 5.48 Å². The van der Waals surface area contributed by atoms with Gasteiger partial charge in [-0.2, -0.15) is 5.48 Å². The van der Waals surface area contributed by atoms with Crippen LogP contribution in [-0.2, 0) is 0 Å². The summed E-state index contributed by atoms with van der Waals surface area (Å²) in [7, 11) is 0. The highest BCUT2D eigenvalue weighted by Crippen LogP contribution is 2.16. The van der Waals surface area contributed by atoms with Gasteiger partial charge in [0.1, 0.15) is 5.60 Å². The Kier molecular flexibility index (Phi) is 2.19. The largest absolute Gasteiger partial charge is 0.386 e. The molecule has 0 saturated heterocycles. The van der Waals surface area contributed by atoms with Crippen LogP contribution in [0.2, 0.25) is 0 Å². The van der Waals surface area contributed by atoms with Crippen molar-refractivity contribution in [2.24, 2.45) is 0 Å². The van der Waals surface area contributed by atoms with Crippen LogP contribution in [0.4, 0.5) is 0 Å². The maximum absolute atomic E-state index is 9.07. The van der Waals surface area contributed by atoms with Crippen LogP contribution in [0.3, 0.4) is 0 Å². The van der Waals surface area contributed by atoms with Crippen LogP contribution in [0.25, 0.3) is 0 Å². The Labute approximate surface area is 54.1 Å². The maximum Gasteiger partial charge on any atom is 0.162 e. The molecule has 4 nitrogen and oxygen atoms in total. The van der Waals surface area contributed by atoms with Gasteiger partial charge in [-0.3, -0.25) is 0 Å². The fraction of sp³-hybridized carbons (Fsp3) is 1.00. The summed E-state index contributed by atoms with van der Waals surface area (Å²) in [6.07, 6.45) is 0. The maximum atomic E-state index is 9.07. The Morgan fingerprint density at radius 2 is 1.44 bits per heavy atom. The molecule has 0 aromatic rings. The fourth-order valence-corrected chi connectivity index (χ4v) is 0.137. The molecule has 0 aliphatic heterocycles. The summed E-state index contributed by atoms with van der Waals surface area (Å²) in [5.41, 5.74) is -1.43. The molecule has 0 rings (SSSR count). The molecular formula is C5H13NO3. The molecule has 0 saturated carbocycles. The Morgan fingerprint density at radius 3 is 1.44 bits per heavy atom. The van der Waals surface area contributed by atoms with Gasteiger partial charge in [0.25, 0.3) is 0 Å². The van der Waals surface area contributed by atoms with Gasteiger partial charge in [0.2, 0.25) is 0 Å². The van der Waals surface area contributed by atoms with E-state index in [-0.39, 0.29) is 0 Å². The second-order valence-electron chi connectivity index (χ2n) is 2.74. The molecule has 0 aliphatic rings. The van der Waals surface area contributed by atoms with Crippen LogP contribution in [0.5, 0.6) is 0 Å². The third-order valence-corrected chi connectivity index (χ3v) is 1.41. The zero-order valence-electron chi connectivity index (χ0n) is 5.84. The number of hydroxylamine groups is 1. The van der Waals surface area contributed by atoms with Crippen molar-refractivity contribution in [1.29, 1.82) is 0 Å². The molecule has 0 aromatic heterocycles.